The third-order valence-electron chi connectivity index (χ3n) is 4.33. The Hall–Kier alpha value is -0.570. The zero-order chi connectivity index (χ0) is 16.4. The van der Waals surface area contributed by atoms with Crippen LogP contribution in [0.2, 0.25) is 5.02 Å². The smallest absolute Gasteiger partial charge is 0.0474 e. The highest BCUT2D eigenvalue weighted by Crippen LogP contribution is 2.28. The van der Waals surface area contributed by atoms with Crippen LogP contribution in [0.15, 0.2) is 24.3 Å². The van der Waals surface area contributed by atoms with Gasteiger partial charge in [0.2, 0.25) is 0 Å². The molecule has 0 unspecified atom stereocenters. The van der Waals surface area contributed by atoms with Crippen LogP contribution in [0.5, 0.6) is 0 Å². The van der Waals surface area contributed by atoms with Gasteiger partial charge < -0.3 is 9.64 Å². The summed E-state index contributed by atoms with van der Waals surface area (Å²) in [5.74, 6) is 0. The first kappa shape index (κ1) is 19.5. The van der Waals surface area contributed by atoms with Crippen molar-refractivity contribution in [3.8, 4) is 0 Å². The fourth-order valence-electron chi connectivity index (χ4n) is 2.63. The van der Waals surface area contributed by atoms with Crippen LogP contribution in [-0.4, -0.2) is 38.3 Å². The molecule has 0 aliphatic heterocycles. The average Bonchev–Trinajstić information content (AvgIpc) is 2.50. The first-order valence-corrected chi connectivity index (χ1v) is 8.84. The van der Waals surface area contributed by atoms with Crippen molar-refractivity contribution < 1.29 is 4.74 Å². The molecule has 3 heteroatoms. The van der Waals surface area contributed by atoms with E-state index in [1.807, 2.05) is 12.1 Å². The van der Waals surface area contributed by atoms with Gasteiger partial charge in [-0.25, -0.2) is 0 Å². The summed E-state index contributed by atoms with van der Waals surface area (Å²) in [5, 5.41) is 0.809. The van der Waals surface area contributed by atoms with E-state index in [0.717, 1.165) is 37.6 Å². The van der Waals surface area contributed by atoms with Crippen molar-refractivity contribution in [2.24, 2.45) is 0 Å². The highest BCUT2D eigenvalue weighted by atomic mass is 35.5. The number of nitrogens with zero attached hydrogens (tertiary/aromatic N) is 1. The maximum Gasteiger partial charge on any atom is 0.0474 e. The lowest BCUT2D eigenvalue weighted by molar-refractivity contribution is 0.167. The molecule has 22 heavy (non-hydrogen) atoms. The number of benzene rings is 1. The van der Waals surface area contributed by atoms with Crippen molar-refractivity contribution in [1.82, 2.24) is 4.90 Å². The van der Waals surface area contributed by atoms with Gasteiger partial charge in [-0.15, -0.1) is 0 Å². The molecule has 0 N–H and O–H groups in total. The number of halogens is 1. The van der Waals surface area contributed by atoms with Gasteiger partial charge in [0.1, 0.15) is 0 Å². The van der Waals surface area contributed by atoms with Gasteiger partial charge in [-0.05, 0) is 55.5 Å². The quantitative estimate of drug-likeness (QED) is 0.522. The lowest BCUT2D eigenvalue weighted by atomic mass is 9.81. The Bertz CT molecular complexity index is 402. The molecule has 1 aromatic rings. The van der Waals surface area contributed by atoms with Gasteiger partial charge >= 0.3 is 0 Å². The zero-order valence-corrected chi connectivity index (χ0v) is 15.5. The van der Waals surface area contributed by atoms with Gasteiger partial charge in [0.25, 0.3) is 0 Å². The molecule has 1 aromatic carbocycles. The minimum absolute atomic E-state index is 0.177. The van der Waals surface area contributed by atoms with E-state index in [0.29, 0.717) is 0 Å². The molecule has 0 radical (unpaired) electrons. The summed E-state index contributed by atoms with van der Waals surface area (Å²) in [4.78, 5) is 2.58. The van der Waals surface area contributed by atoms with Crippen LogP contribution in [0.25, 0.3) is 0 Å². The molecule has 0 saturated carbocycles. The number of hydrogen-bond acceptors (Lipinski definition) is 2. The van der Waals surface area contributed by atoms with Crippen molar-refractivity contribution in [2.75, 3.05) is 33.4 Å². The van der Waals surface area contributed by atoms with E-state index in [1.54, 1.807) is 7.11 Å². The van der Waals surface area contributed by atoms with E-state index >= 15 is 0 Å². The maximum atomic E-state index is 6.00. The Balaban J connectivity index is 2.54. The topological polar surface area (TPSA) is 12.5 Å². The van der Waals surface area contributed by atoms with Crippen LogP contribution in [0, 0.1) is 0 Å². The Morgan fingerprint density at radius 2 is 1.68 bits per heavy atom. The van der Waals surface area contributed by atoms with Gasteiger partial charge in [-0.1, -0.05) is 50.9 Å². The molecule has 0 aliphatic rings. The summed E-state index contributed by atoms with van der Waals surface area (Å²) in [5.41, 5.74) is 1.54. The second kappa shape index (κ2) is 10.3. The fourth-order valence-corrected chi connectivity index (χ4v) is 2.76. The predicted molar refractivity (Wildman–Crippen MR) is 96.9 cm³/mol. The van der Waals surface area contributed by atoms with Gasteiger partial charge in [0.05, 0.1) is 0 Å². The van der Waals surface area contributed by atoms with Gasteiger partial charge in [0, 0.05) is 25.3 Å². The third kappa shape index (κ3) is 7.13. The van der Waals surface area contributed by atoms with Crippen molar-refractivity contribution in [3.63, 3.8) is 0 Å². The zero-order valence-electron chi connectivity index (χ0n) is 14.7. The van der Waals surface area contributed by atoms with E-state index < -0.39 is 0 Å². The predicted octanol–water partition coefficient (Wildman–Crippen LogP) is 5.15. The molecular formula is C19H32ClNO. The van der Waals surface area contributed by atoms with Gasteiger partial charge in [-0.2, -0.15) is 0 Å². The normalized spacial score (nSPS) is 12.1. The summed E-state index contributed by atoms with van der Waals surface area (Å²) in [7, 11) is 1.78. The molecule has 0 atom stereocenters. The summed E-state index contributed by atoms with van der Waals surface area (Å²) in [6.45, 7) is 11.2. The molecule has 0 bridgehead atoms. The van der Waals surface area contributed by atoms with Gasteiger partial charge in [0.15, 0.2) is 0 Å². The van der Waals surface area contributed by atoms with Crippen LogP contribution in [0.4, 0.5) is 0 Å². The first-order chi connectivity index (χ1) is 10.5. The van der Waals surface area contributed by atoms with Crippen molar-refractivity contribution in [3.05, 3.63) is 34.9 Å². The Kier molecular flexibility index (Phi) is 9.08. The Morgan fingerprint density at radius 1 is 1.05 bits per heavy atom. The van der Waals surface area contributed by atoms with Crippen LogP contribution in [0.1, 0.15) is 52.0 Å². The molecule has 126 valence electrons. The SMILES string of the molecule is CCCCN(CCCOC)CCC(C)(C)c1ccc(Cl)cc1. The van der Waals surface area contributed by atoms with E-state index in [9.17, 15) is 0 Å². The molecular weight excluding hydrogens is 294 g/mol. The lowest BCUT2D eigenvalue weighted by Gasteiger charge is -2.30. The number of ether oxygens (including phenoxy) is 1. The number of hydrogen-bond donors (Lipinski definition) is 0. The Labute approximate surface area is 141 Å². The molecule has 0 aromatic heterocycles. The Morgan fingerprint density at radius 3 is 2.27 bits per heavy atom. The molecule has 0 amide bonds. The standard InChI is InChI=1S/C19H32ClNO/c1-5-6-13-21(14-7-16-22-4)15-12-19(2,3)17-8-10-18(20)11-9-17/h8-11H,5-7,12-16H2,1-4H3. The summed E-state index contributed by atoms with van der Waals surface area (Å²) >= 11 is 6.00. The highest BCUT2D eigenvalue weighted by Gasteiger charge is 2.21. The molecule has 0 heterocycles. The maximum absolute atomic E-state index is 6.00. The van der Waals surface area contributed by atoms with Gasteiger partial charge in [-0.3, -0.25) is 0 Å². The second-order valence-corrected chi connectivity index (χ2v) is 7.12. The van der Waals surface area contributed by atoms with Crippen LogP contribution < -0.4 is 0 Å². The average molecular weight is 326 g/mol. The monoisotopic (exact) mass is 325 g/mol. The van der Waals surface area contributed by atoms with E-state index in [-0.39, 0.29) is 5.41 Å². The van der Waals surface area contributed by atoms with Crippen molar-refractivity contribution in [1.29, 1.82) is 0 Å². The summed E-state index contributed by atoms with van der Waals surface area (Å²) < 4.78 is 5.18. The van der Waals surface area contributed by atoms with Crippen LogP contribution >= 0.6 is 11.6 Å². The molecule has 2 nitrogen and oxygen atoms in total. The fraction of sp³-hybridized carbons (Fsp3) is 0.684. The summed E-state index contributed by atoms with van der Waals surface area (Å²) in [6.07, 6.45) is 4.79. The van der Waals surface area contributed by atoms with Crippen LogP contribution in [-0.2, 0) is 10.2 Å². The number of methoxy groups -OCH3 is 1. The highest BCUT2D eigenvalue weighted by molar-refractivity contribution is 6.30. The first-order valence-electron chi connectivity index (χ1n) is 8.47. The van der Waals surface area contributed by atoms with E-state index in [2.05, 4.69) is 37.8 Å². The minimum Gasteiger partial charge on any atom is -0.385 e. The second-order valence-electron chi connectivity index (χ2n) is 6.68. The molecule has 0 aliphatic carbocycles. The lowest BCUT2D eigenvalue weighted by Crippen LogP contribution is -2.32. The summed E-state index contributed by atoms with van der Waals surface area (Å²) in [6, 6.07) is 8.30. The molecule has 1 rings (SSSR count). The van der Waals surface area contributed by atoms with Crippen LogP contribution in [0.3, 0.4) is 0 Å². The largest absolute Gasteiger partial charge is 0.385 e. The molecule has 0 spiro atoms. The number of rotatable bonds is 11. The number of unbranched alkanes of at least 4 members (excludes halogenated alkanes) is 1. The third-order valence-corrected chi connectivity index (χ3v) is 4.58. The minimum atomic E-state index is 0.177. The van der Waals surface area contributed by atoms with E-state index in [1.165, 1.54) is 24.9 Å². The van der Waals surface area contributed by atoms with Crippen molar-refractivity contribution in [2.45, 2.75) is 51.9 Å². The van der Waals surface area contributed by atoms with E-state index in [4.69, 9.17) is 16.3 Å². The molecule has 0 fully saturated rings. The molecule has 0 saturated heterocycles. The van der Waals surface area contributed by atoms with Crippen molar-refractivity contribution >= 4 is 11.6 Å².